The van der Waals surface area contributed by atoms with Crippen LogP contribution in [0.1, 0.15) is 66.2 Å². The van der Waals surface area contributed by atoms with Gasteiger partial charge >= 0.3 is 12.0 Å². The lowest BCUT2D eigenvalue weighted by Gasteiger charge is -2.43. The van der Waals surface area contributed by atoms with Crippen molar-refractivity contribution in [2.45, 2.75) is 77.8 Å². The van der Waals surface area contributed by atoms with Gasteiger partial charge in [-0.25, -0.2) is 4.79 Å². The number of aliphatic carboxylic acids is 1. The summed E-state index contributed by atoms with van der Waals surface area (Å²) in [7, 11) is 0. The van der Waals surface area contributed by atoms with Crippen LogP contribution in [0.25, 0.3) is 0 Å². The molecule has 0 aromatic heterocycles. The summed E-state index contributed by atoms with van der Waals surface area (Å²) in [6, 6.07) is 0.313. The molecule has 2 amide bonds. The van der Waals surface area contributed by atoms with Crippen molar-refractivity contribution in [2.24, 2.45) is 0 Å². The monoisotopic (exact) mass is 298 g/mol. The first kappa shape index (κ1) is 17.8. The number of carboxylic acids is 1. The molecule has 1 saturated heterocycles. The van der Waals surface area contributed by atoms with Crippen LogP contribution in [-0.2, 0) is 4.79 Å². The SMILES string of the molecule is CCCC1CCCCN1C(=O)N(CCC(=O)O)C(C)(C)C. The maximum absolute atomic E-state index is 12.9. The molecule has 5 heteroatoms. The fourth-order valence-corrected chi connectivity index (χ4v) is 2.97. The molecule has 122 valence electrons. The van der Waals surface area contributed by atoms with Gasteiger partial charge in [0.1, 0.15) is 0 Å². The normalized spacial score (nSPS) is 19.4. The van der Waals surface area contributed by atoms with Gasteiger partial charge in [-0.05, 0) is 46.5 Å². The lowest BCUT2D eigenvalue weighted by molar-refractivity contribution is -0.137. The molecule has 1 atom stereocenters. The summed E-state index contributed by atoms with van der Waals surface area (Å²) in [6.45, 7) is 9.10. The molecule has 0 bridgehead atoms. The zero-order chi connectivity index (χ0) is 16.0. The topological polar surface area (TPSA) is 60.9 Å². The van der Waals surface area contributed by atoms with Crippen molar-refractivity contribution < 1.29 is 14.7 Å². The number of hydrogen-bond acceptors (Lipinski definition) is 2. The Labute approximate surface area is 128 Å². The smallest absolute Gasteiger partial charge is 0.320 e. The maximum atomic E-state index is 12.9. The van der Waals surface area contributed by atoms with Gasteiger partial charge in [-0.15, -0.1) is 0 Å². The second-order valence-corrected chi connectivity index (χ2v) is 6.88. The van der Waals surface area contributed by atoms with Gasteiger partial charge in [0, 0.05) is 24.7 Å². The number of piperidine rings is 1. The first-order valence-corrected chi connectivity index (χ1v) is 8.07. The molecule has 0 spiro atoms. The average Bonchev–Trinajstić information content (AvgIpc) is 2.37. The highest BCUT2D eigenvalue weighted by molar-refractivity contribution is 5.76. The summed E-state index contributed by atoms with van der Waals surface area (Å²) in [6.07, 6.45) is 5.38. The molecular formula is C16H30N2O3. The molecular weight excluding hydrogens is 268 g/mol. The minimum atomic E-state index is -0.860. The number of amides is 2. The number of nitrogens with zero attached hydrogens (tertiary/aromatic N) is 2. The summed E-state index contributed by atoms with van der Waals surface area (Å²) in [4.78, 5) is 27.4. The Balaban J connectivity index is 2.84. The minimum Gasteiger partial charge on any atom is -0.481 e. The minimum absolute atomic E-state index is 0.00176. The largest absolute Gasteiger partial charge is 0.481 e. The Hall–Kier alpha value is -1.26. The van der Waals surface area contributed by atoms with E-state index in [0.29, 0.717) is 6.04 Å². The molecule has 0 aromatic rings. The molecule has 1 unspecified atom stereocenters. The third-order valence-electron chi connectivity index (χ3n) is 4.08. The van der Waals surface area contributed by atoms with Crippen LogP contribution in [0, 0.1) is 0 Å². The van der Waals surface area contributed by atoms with Crippen LogP contribution >= 0.6 is 0 Å². The van der Waals surface area contributed by atoms with Crippen LogP contribution in [0.5, 0.6) is 0 Å². The second-order valence-electron chi connectivity index (χ2n) is 6.88. The first-order valence-electron chi connectivity index (χ1n) is 8.07. The van der Waals surface area contributed by atoms with E-state index < -0.39 is 5.97 Å². The van der Waals surface area contributed by atoms with Crippen molar-refractivity contribution in [3.8, 4) is 0 Å². The lowest BCUT2D eigenvalue weighted by Crippen LogP contribution is -2.56. The Morgan fingerprint density at radius 3 is 2.48 bits per heavy atom. The van der Waals surface area contributed by atoms with Crippen molar-refractivity contribution in [3.63, 3.8) is 0 Å². The standard InChI is InChI=1S/C16H30N2O3/c1-5-8-13-9-6-7-11-17(13)15(21)18(16(2,3)4)12-10-14(19)20/h13H,5-12H2,1-4H3,(H,19,20). The zero-order valence-corrected chi connectivity index (χ0v) is 13.9. The molecule has 1 fully saturated rings. The Bertz CT molecular complexity index is 361. The van der Waals surface area contributed by atoms with Gasteiger partial charge in [-0.1, -0.05) is 13.3 Å². The molecule has 1 rings (SSSR count). The number of carboxylic acid groups (broad SMARTS) is 1. The summed E-state index contributed by atoms with van der Waals surface area (Å²) in [5.41, 5.74) is -0.360. The number of carbonyl (C=O) groups is 2. The zero-order valence-electron chi connectivity index (χ0n) is 13.9. The Kier molecular flexibility index (Phi) is 6.49. The third kappa shape index (κ3) is 5.21. The van der Waals surface area contributed by atoms with Crippen LogP contribution in [-0.4, -0.2) is 51.6 Å². The van der Waals surface area contributed by atoms with Crippen LogP contribution in [0.3, 0.4) is 0 Å². The van der Waals surface area contributed by atoms with Gasteiger partial charge in [0.15, 0.2) is 0 Å². The van der Waals surface area contributed by atoms with Crippen LogP contribution in [0.15, 0.2) is 0 Å². The highest BCUT2D eigenvalue weighted by Crippen LogP contribution is 2.25. The fraction of sp³-hybridized carbons (Fsp3) is 0.875. The highest BCUT2D eigenvalue weighted by Gasteiger charge is 2.34. The van der Waals surface area contributed by atoms with Gasteiger partial charge in [0.05, 0.1) is 6.42 Å². The van der Waals surface area contributed by atoms with Gasteiger partial charge in [0.2, 0.25) is 0 Å². The fourth-order valence-electron chi connectivity index (χ4n) is 2.97. The third-order valence-corrected chi connectivity index (χ3v) is 4.08. The van der Waals surface area contributed by atoms with E-state index >= 15 is 0 Å². The van der Waals surface area contributed by atoms with Crippen molar-refractivity contribution in [1.29, 1.82) is 0 Å². The number of carbonyl (C=O) groups excluding carboxylic acids is 1. The van der Waals surface area contributed by atoms with E-state index in [0.717, 1.165) is 32.2 Å². The van der Waals surface area contributed by atoms with Gasteiger partial charge in [-0.2, -0.15) is 0 Å². The van der Waals surface area contributed by atoms with Gasteiger partial charge < -0.3 is 14.9 Å². The first-order chi connectivity index (χ1) is 9.77. The van der Waals surface area contributed by atoms with Gasteiger partial charge in [0.25, 0.3) is 0 Å². The quantitative estimate of drug-likeness (QED) is 0.847. The average molecular weight is 298 g/mol. The van der Waals surface area contributed by atoms with Gasteiger partial charge in [-0.3, -0.25) is 4.79 Å². The molecule has 0 aromatic carbocycles. The predicted molar refractivity (Wildman–Crippen MR) is 83.4 cm³/mol. The van der Waals surface area contributed by atoms with E-state index in [9.17, 15) is 9.59 Å². The molecule has 0 radical (unpaired) electrons. The van der Waals surface area contributed by atoms with E-state index in [-0.39, 0.29) is 24.5 Å². The van der Waals surface area contributed by atoms with Crippen LogP contribution in [0.2, 0.25) is 0 Å². The number of hydrogen-bond donors (Lipinski definition) is 1. The Morgan fingerprint density at radius 1 is 1.29 bits per heavy atom. The van der Waals surface area contributed by atoms with Crippen molar-refractivity contribution >= 4 is 12.0 Å². The van der Waals surface area contributed by atoms with Crippen molar-refractivity contribution in [3.05, 3.63) is 0 Å². The number of likely N-dealkylation sites (tertiary alicyclic amines) is 1. The molecule has 0 saturated carbocycles. The lowest BCUT2D eigenvalue weighted by atomic mass is 9.98. The van der Waals surface area contributed by atoms with Crippen molar-refractivity contribution in [2.75, 3.05) is 13.1 Å². The highest BCUT2D eigenvalue weighted by atomic mass is 16.4. The van der Waals surface area contributed by atoms with Crippen molar-refractivity contribution in [1.82, 2.24) is 9.80 Å². The molecule has 1 aliphatic rings. The predicted octanol–water partition coefficient (Wildman–Crippen LogP) is 3.34. The van der Waals surface area contributed by atoms with E-state index in [4.69, 9.17) is 5.11 Å². The second kappa shape index (κ2) is 7.66. The van der Waals surface area contributed by atoms with E-state index in [1.165, 1.54) is 6.42 Å². The Morgan fingerprint density at radius 2 is 1.95 bits per heavy atom. The molecule has 5 nitrogen and oxygen atoms in total. The summed E-state index contributed by atoms with van der Waals surface area (Å²) in [5, 5.41) is 8.90. The van der Waals surface area contributed by atoms with E-state index in [1.807, 2.05) is 25.7 Å². The molecule has 21 heavy (non-hydrogen) atoms. The molecule has 1 heterocycles. The molecule has 1 aliphatic heterocycles. The number of urea groups is 1. The molecule has 1 N–H and O–H groups in total. The summed E-state index contributed by atoms with van der Waals surface area (Å²) >= 11 is 0. The molecule has 0 aliphatic carbocycles. The van der Waals surface area contributed by atoms with Crippen LogP contribution < -0.4 is 0 Å². The van der Waals surface area contributed by atoms with Crippen LogP contribution in [0.4, 0.5) is 4.79 Å². The maximum Gasteiger partial charge on any atom is 0.320 e. The summed E-state index contributed by atoms with van der Waals surface area (Å²) in [5.74, 6) is -0.860. The summed E-state index contributed by atoms with van der Waals surface area (Å²) < 4.78 is 0. The number of rotatable bonds is 5. The van der Waals surface area contributed by atoms with E-state index in [2.05, 4.69) is 6.92 Å². The van der Waals surface area contributed by atoms with E-state index in [1.54, 1.807) is 4.90 Å².